The summed E-state index contributed by atoms with van der Waals surface area (Å²) in [5, 5.41) is 0. The van der Waals surface area contributed by atoms with Crippen LogP contribution in [0.15, 0.2) is 48.5 Å². The molecule has 0 aliphatic rings. The molecule has 0 aromatic carbocycles. The molecule has 0 saturated carbocycles. The highest BCUT2D eigenvalue weighted by molar-refractivity contribution is 7.32. The van der Waals surface area contributed by atoms with Gasteiger partial charge in [-0.15, -0.1) is 90.7 Å². The van der Waals surface area contributed by atoms with E-state index in [0.717, 1.165) is 12.8 Å². The summed E-state index contributed by atoms with van der Waals surface area (Å²) in [4.78, 5) is 25.2. The second kappa shape index (κ2) is 54.4. The van der Waals surface area contributed by atoms with Crippen LogP contribution in [-0.2, 0) is 64.2 Å². The van der Waals surface area contributed by atoms with Crippen LogP contribution in [0.1, 0.15) is 432 Å². The largest absolute Gasteiger partial charge is 0.139 e. The summed E-state index contributed by atoms with van der Waals surface area (Å²) in [6.07, 6.45) is 76.5. The van der Waals surface area contributed by atoms with Gasteiger partial charge in [0.2, 0.25) is 0 Å². The van der Waals surface area contributed by atoms with E-state index >= 15 is 0 Å². The molecule has 0 bridgehead atoms. The van der Waals surface area contributed by atoms with Gasteiger partial charge in [0.1, 0.15) is 0 Å². The van der Waals surface area contributed by atoms with Gasteiger partial charge in [-0.05, 0) is 209 Å². The van der Waals surface area contributed by atoms with Crippen molar-refractivity contribution in [3.8, 4) is 68.3 Å². The maximum Gasteiger partial charge on any atom is 0.0481 e. The van der Waals surface area contributed by atoms with Crippen LogP contribution in [0.2, 0.25) is 0 Å². The first-order chi connectivity index (χ1) is 53.2. The molecule has 0 aliphatic heterocycles. The topological polar surface area (TPSA) is 0 Å². The van der Waals surface area contributed by atoms with E-state index in [4.69, 9.17) is 0 Å². The zero-order chi connectivity index (χ0) is 76.2. The molecule has 0 radical (unpaired) electrons. The normalized spacial score (nSPS) is 11.9. The van der Waals surface area contributed by atoms with Gasteiger partial charge in [0, 0.05) is 78.0 Å². The molecule has 8 aromatic rings. The van der Waals surface area contributed by atoms with E-state index in [0.29, 0.717) is 0 Å². The van der Waals surface area contributed by atoms with Crippen LogP contribution in [-0.4, -0.2) is 0 Å². The average Bonchev–Trinajstić information content (AvgIpc) is 1.61. The van der Waals surface area contributed by atoms with Crippen molar-refractivity contribution in [3.63, 3.8) is 0 Å². The maximum absolute atomic E-state index is 2.78. The van der Waals surface area contributed by atoms with Crippen LogP contribution in [0.25, 0.3) is 68.3 Å². The van der Waals surface area contributed by atoms with Crippen LogP contribution < -0.4 is 0 Å². The number of rotatable bonds is 65. The summed E-state index contributed by atoms with van der Waals surface area (Å²) in [5.74, 6) is 0. The molecule has 8 heterocycles. The monoisotopic (exact) mass is 1610 g/mol. The van der Waals surface area contributed by atoms with Crippen LogP contribution in [0.3, 0.4) is 0 Å². The maximum atomic E-state index is 2.78. The Morgan fingerprint density at radius 2 is 0.324 bits per heavy atom. The molecule has 0 N–H and O–H groups in total. The van der Waals surface area contributed by atoms with Crippen molar-refractivity contribution in [2.75, 3.05) is 0 Å². The SMILES string of the molecule is CCCCCCCCc1cc(-c2sc(-c3sc(-c4sc(-c5sc(-c6sc(-c7sc(-c8sc(CC)cc8CCCCCCCC)cc7CCCCCCCC)cc6CCCCCCCC)cc5CCCCCCCC)cc4CCCCCCCC)cc3CCCCCCCC)cc2CCCCCCCC)sc1CC. The van der Waals surface area contributed by atoms with E-state index in [1.807, 2.05) is 0 Å². The molecule has 0 spiro atoms. The molecule has 0 nitrogen and oxygen atoms in total. The van der Waals surface area contributed by atoms with E-state index in [9.17, 15) is 0 Å². The zero-order valence-electron chi connectivity index (χ0n) is 70.9. The predicted octanol–water partition coefficient (Wildman–Crippen LogP) is 38.2. The Labute approximate surface area is 697 Å². The number of aryl methyl sites for hydroxylation is 10. The van der Waals surface area contributed by atoms with E-state index < -0.39 is 0 Å². The van der Waals surface area contributed by atoms with Gasteiger partial charge in [0.25, 0.3) is 0 Å². The quantitative estimate of drug-likeness (QED) is 0.0333. The molecular formula is C100H154S8. The standard InChI is InChI=1S/C100H154S8/c1-11-21-29-37-45-53-61-77-70-87(102-86(77)20-10)95-79(63-55-47-39-31-23-13-3)72-89(104-95)97-81(65-57-49-41-33-25-15-5)74-91(106-97)99-83(67-59-51-43-35-27-17-7)76-93(108-99)100-84(68-60-52-44-36-28-18-8)75-92(107-100)98-82(66-58-50-42-34-26-16-6)73-90(105-98)96-80(64-56-48-40-32-24-14-4)71-88(103-96)94-78(69-85(19-9)101-94)62-54-46-38-30-22-12-2/h69-76H,11-68H2,1-10H3. The fraction of sp³-hybridized carbons (Fsp3) is 0.680. The van der Waals surface area contributed by atoms with Crippen molar-refractivity contribution in [1.82, 2.24) is 0 Å². The Kier molecular flexibility index (Phi) is 45.9. The van der Waals surface area contributed by atoms with Gasteiger partial charge < -0.3 is 0 Å². The third-order valence-corrected chi connectivity index (χ3v) is 34.2. The summed E-state index contributed by atoms with van der Waals surface area (Å²) in [6, 6.07) is 21.8. The number of thiophene rings is 8. The second-order valence-electron chi connectivity index (χ2n) is 32.8. The second-order valence-corrected chi connectivity index (χ2v) is 41.4. The first kappa shape index (κ1) is 91.1. The smallest absolute Gasteiger partial charge is 0.0481 e. The molecule has 602 valence electrons. The van der Waals surface area contributed by atoms with Gasteiger partial charge >= 0.3 is 0 Å². The van der Waals surface area contributed by atoms with Crippen molar-refractivity contribution in [2.45, 2.75) is 442 Å². The summed E-state index contributed by atoms with van der Waals surface area (Å²) < 4.78 is 0. The zero-order valence-corrected chi connectivity index (χ0v) is 77.4. The lowest BCUT2D eigenvalue weighted by Gasteiger charge is -2.03. The van der Waals surface area contributed by atoms with Crippen molar-refractivity contribution in [3.05, 3.63) is 103 Å². The molecule has 8 heteroatoms. The van der Waals surface area contributed by atoms with Gasteiger partial charge in [-0.3, -0.25) is 0 Å². The summed E-state index contributed by atoms with van der Waals surface area (Å²) in [7, 11) is 0. The third kappa shape index (κ3) is 30.3. The van der Waals surface area contributed by atoms with Crippen LogP contribution in [0.5, 0.6) is 0 Å². The highest BCUT2D eigenvalue weighted by Gasteiger charge is 2.27. The van der Waals surface area contributed by atoms with Crippen molar-refractivity contribution in [1.29, 1.82) is 0 Å². The lowest BCUT2D eigenvalue weighted by Crippen LogP contribution is -1.88. The molecule has 0 unspecified atom stereocenters. The summed E-state index contributed by atoms with van der Waals surface area (Å²) in [5.41, 5.74) is 13.1. The Morgan fingerprint density at radius 3 is 0.528 bits per heavy atom. The van der Waals surface area contributed by atoms with Crippen molar-refractivity contribution < 1.29 is 0 Å². The fourth-order valence-electron chi connectivity index (χ4n) is 16.5. The Balaban J connectivity index is 1.25. The number of unbranched alkanes of at least 4 members (excludes halogenated alkanes) is 40. The highest BCUT2D eigenvalue weighted by Crippen LogP contribution is 2.54. The van der Waals surface area contributed by atoms with E-state index in [-0.39, 0.29) is 0 Å². The first-order valence-corrected chi connectivity index (χ1v) is 52.8. The van der Waals surface area contributed by atoms with Gasteiger partial charge in [-0.1, -0.05) is 326 Å². The van der Waals surface area contributed by atoms with Crippen molar-refractivity contribution >= 4 is 90.7 Å². The Bertz CT molecular complexity index is 3620. The van der Waals surface area contributed by atoms with Gasteiger partial charge in [-0.25, -0.2) is 0 Å². The van der Waals surface area contributed by atoms with E-state index in [2.05, 4.69) is 208 Å². The molecule has 8 rings (SSSR count). The van der Waals surface area contributed by atoms with Gasteiger partial charge in [0.15, 0.2) is 0 Å². The minimum absolute atomic E-state index is 1.13. The van der Waals surface area contributed by atoms with Gasteiger partial charge in [0.05, 0.1) is 0 Å². The Hall–Kier alpha value is -2.40. The lowest BCUT2D eigenvalue weighted by molar-refractivity contribution is 0.607. The van der Waals surface area contributed by atoms with Crippen LogP contribution in [0.4, 0.5) is 0 Å². The van der Waals surface area contributed by atoms with E-state index in [1.165, 1.54) is 360 Å². The molecule has 0 amide bonds. The first-order valence-electron chi connectivity index (χ1n) is 46.2. The summed E-state index contributed by atoms with van der Waals surface area (Å²) in [6.45, 7) is 23.7. The molecule has 0 saturated heterocycles. The molecule has 0 fully saturated rings. The molecule has 0 atom stereocenters. The van der Waals surface area contributed by atoms with Crippen LogP contribution in [0, 0.1) is 0 Å². The third-order valence-electron chi connectivity index (χ3n) is 23.2. The predicted molar refractivity (Wildman–Crippen MR) is 503 cm³/mol. The number of hydrogen-bond donors (Lipinski definition) is 0. The molecule has 8 aromatic heterocycles. The molecule has 0 aliphatic carbocycles. The summed E-state index contributed by atoms with van der Waals surface area (Å²) >= 11 is 17.4. The van der Waals surface area contributed by atoms with Crippen molar-refractivity contribution in [2.24, 2.45) is 0 Å². The molecule has 108 heavy (non-hydrogen) atoms. The van der Waals surface area contributed by atoms with Crippen LogP contribution >= 0.6 is 90.7 Å². The van der Waals surface area contributed by atoms with Gasteiger partial charge in [-0.2, -0.15) is 0 Å². The Morgan fingerprint density at radius 1 is 0.157 bits per heavy atom. The average molecular weight is 1610 g/mol. The highest BCUT2D eigenvalue weighted by atomic mass is 32.1. The minimum Gasteiger partial charge on any atom is -0.139 e. The lowest BCUT2D eigenvalue weighted by atomic mass is 10.0. The van der Waals surface area contributed by atoms with E-state index in [1.54, 1.807) is 123 Å². The molecular weight excluding hydrogens is 1460 g/mol. The fourth-order valence-corrected chi connectivity index (χ4v) is 27.0. The number of hydrogen-bond acceptors (Lipinski definition) is 8. The minimum atomic E-state index is 1.13.